The minimum absolute atomic E-state index is 0.731. The number of hydrogen-bond donors (Lipinski definition) is 1. The average molecular weight is 236 g/mol. The van der Waals surface area contributed by atoms with Gasteiger partial charge in [-0.15, -0.1) is 0 Å². The van der Waals surface area contributed by atoms with Gasteiger partial charge in [0.1, 0.15) is 5.82 Å². The van der Waals surface area contributed by atoms with Crippen LogP contribution in [0.3, 0.4) is 0 Å². The van der Waals surface area contributed by atoms with Gasteiger partial charge in [-0.2, -0.15) is 4.98 Å². The molecule has 1 aromatic rings. The quantitative estimate of drug-likeness (QED) is 0.824. The zero-order chi connectivity index (χ0) is 12.8. The van der Waals surface area contributed by atoms with Gasteiger partial charge in [-0.1, -0.05) is 13.3 Å². The Balaban J connectivity index is 3.09. The van der Waals surface area contributed by atoms with E-state index in [4.69, 9.17) is 0 Å². The molecule has 0 saturated carbocycles. The summed E-state index contributed by atoms with van der Waals surface area (Å²) < 4.78 is 0. The van der Waals surface area contributed by atoms with Gasteiger partial charge in [-0.3, -0.25) is 0 Å². The van der Waals surface area contributed by atoms with Crippen molar-refractivity contribution in [2.45, 2.75) is 40.0 Å². The lowest BCUT2D eigenvalue weighted by molar-refractivity contribution is 0.777. The standard InChI is InChI=1S/C13H24N4/c1-6-8-9-11-10(3)15-13(14-7-2)16-12(11)17(4)5/h6-9H2,1-5H3,(H,14,15,16). The molecule has 96 valence electrons. The highest BCUT2D eigenvalue weighted by molar-refractivity contribution is 5.51. The molecule has 17 heavy (non-hydrogen) atoms. The molecule has 4 heteroatoms. The van der Waals surface area contributed by atoms with E-state index in [9.17, 15) is 0 Å². The molecule has 0 unspecified atom stereocenters. The van der Waals surface area contributed by atoms with E-state index in [1.807, 2.05) is 14.1 Å². The first-order valence-corrected chi connectivity index (χ1v) is 6.38. The summed E-state index contributed by atoms with van der Waals surface area (Å²) in [5, 5.41) is 3.18. The van der Waals surface area contributed by atoms with E-state index in [1.54, 1.807) is 0 Å². The topological polar surface area (TPSA) is 41.1 Å². The molecule has 0 atom stereocenters. The summed E-state index contributed by atoms with van der Waals surface area (Å²) in [5.41, 5.74) is 2.37. The highest BCUT2D eigenvalue weighted by Crippen LogP contribution is 2.22. The SMILES string of the molecule is CCCCc1c(C)nc(NCC)nc1N(C)C. The third-order valence-corrected chi connectivity index (χ3v) is 2.73. The lowest BCUT2D eigenvalue weighted by Gasteiger charge is -2.19. The molecule has 1 N–H and O–H groups in total. The summed E-state index contributed by atoms with van der Waals surface area (Å²) in [6.45, 7) is 7.18. The molecule has 0 bridgehead atoms. The fraction of sp³-hybridized carbons (Fsp3) is 0.692. The monoisotopic (exact) mass is 236 g/mol. The summed E-state index contributed by atoms with van der Waals surface area (Å²) >= 11 is 0. The maximum Gasteiger partial charge on any atom is 0.224 e. The van der Waals surface area contributed by atoms with Crippen molar-refractivity contribution in [1.29, 1.82) is 0 Å². The molecule has 4 nitrogen and oxygen atoms in total. The number of hydrogen-bond acceptors (Lipinski definition) is 4. The highest BCUT2D eigenvalue weighted by atomic mass is 15.2. The van der Waals surface area contributed by atoms with E-state index >= 15 is 0 Å². The Hall–Kier alpha value is -1.32. The van der Waals surface area contributed by atoms with E-state index in [-0.39, 0.29) is 0 Å². The summed E-state index contributed by atoms with van der Waals surface area (Å²) in [7, 11) is 4.07. The number of aryl methyl sites for hydroxylation is 1. The van der Waals surface area contributed by atoms with Crippen LogP contribution in [0.2, 0.25) is 0 Å². The van der Waals surface area contributed by atoms with Crippen LogP contribution in [-0.4, -0.2) is 30.6 Å². The number of anilines is 2. The molecular formula is C13H24N4. The van der Waals surface area contributed by atoms with Gasteiger partial charge in [-0.05, 0) is 26.7 Å². The predicted molar refractivity (Wildman–Crippen MR) is 73.9 cm³/mol. The van der Waals surface area contributed by atoms with Gasteiger partial charge in [0.05, 0.1) is 0 Å². The molecule has 0 saturated heterocycles. The Morgan fingerprint density at radius 3 is 2.41 bits per heavy atom. The van der Waals surface area contributed by atoms with Crippen LogP contribution in [0.15, 0.2) is 0 Å². The summed E-state index contributed by atoms with van der Waals surface area (Å²) in [6, 6.07) is 0. The summed E-state index contributed by atoms with van der Waals surface area (Å²) in [4.78, 5) is 11.2. The van der Waals surface area contributed by atoms with Crippen molar-refractivity contribution in [2.75, 3.05) is 30.9 Å². The van der Waals surface area contributed by atoms with Gasteiger partial charge in [0.2, 0.25) is 5.95 Å². The molecule has 0 aromatic carbocycles. The lowest BCUT2D eigenvalue weighted by atomic mass is 10.1. The smallest absolute Gasteiger partial charge is 0.224 e. The predicted octanol–water partition coefficient (Wildman–Crippen LogP) is 2.63. The molecule has 0 aliphatic rings. The van der Waals surface area contributed by atoms with Crippen molar-refractivity contribution < 1.29 is 0 Å². The van der Waals surface area contributed by atoms with Crippen molar-refractivity contribution in [3.05, 3.63) is 11.3 Å². The molecule has 1 rings (SSSR count). The van der Waals surface area contributed by atoms with E-state index in [2.05, 4.69) is 41.0 Å². The molecule has 1 heterocycles. The largest absolute Gasteiger partial charge is 0.362 e. The van der Waals surface area contributed by atoms with Crippen molar-refractivity contribution in [2.24, 2.45) is 0 Å². The number of rotatable bonds is 6. The van der Waals surface area contributed by atoms with Crippen LogP contribution in [0.1, 0.15) is 37.9 Å². The minimum atomic E-state index is 0.731. The Morgan fingerprint density at radius 2 is 1.88 bits per heavy atom. The third-order valence-electron chi connectivity index (χ3n) is 2.73. The van der Waals surface area contributed by atoms with Gasteiger partial charge >= 0.3 is 0 Å². The van der Waals surface area contributed by atoms with Crippen LogP contribution in [0, 0.1) is 6.92 Å². The van der Waals surface area contributed by atoms with Crippen molar-refractivity contribution in [1.82, 2.24) is 9.97 Å². The van der Waals surface area contributed by atoms with Gasteiger partial charge in [-0.25, -0.2) is 4.98 Å². The van der Waals surface area contributed by atoms with Crippen molar-refractivity contribution >= 4 is 11.8 Å². The number of unbranched alkanes of at least 4 members (excludes halogenated alkanes) is 1. The molecular weight excluding hydrogens is 212 g/mol. The first-order valence-electron chi connectivity index (χ1n) is 6.38. The Morgan fingerprint density at radius 1 is 1.18 bits per heavy atom. The van der Waals surface area contributed by atoms with Crippen LogP contribution in [0.4, 0.5) is 11.8 Å². The van der Waals surface area contributed by atoms with E-state index < -0.39 is 0 Å². The van der Waals surface area contributed by atoms with Crippen molar-refractivity contribution in [3.8, 4) is 0 Å². The molecule has 1 aromatic heterocycles. The fourth-order valence-electron chi connectivity index (χ4n) is 1.83. The first-order chi connectivity index (χ1) is 8.10. The summed E-state index contributed by atoms with van der Waals surface area (Å²) in [5.74, 6) is 1.77. The number of nitrogens with one attached hydrogen (secondary N) is 1. The van der Waals surface area contributed by atoms with E-state index in [0.29, 0.717) is 0 Å². The summed E-state index contributed by atoms with van der Waals surface area (Å²) in [6.07, 6.45) is 3.44. The fourth-order valence-corrected chi connectivity index (χ4v) is 1.83. The van der Waals surface area contributed by atoms with Crippen LogP contribution >= 0.6 is 0 Å². The second kappa shape index (κ2) is 6.42. The van der Waals surface area contributed by atoms with Gasteiger partial charge in [0, 0.05) is 31.9 Å². The Kier molecular flexibility index (Phi) is 5.19. The maximum absolute atomic E-state index is 4.58. The van der Waals surface area contributed by atoms with Crippen molar-refractivity contribution in [3.63, 3.8) is 0 Å². The Labute approximate surface area is 104 Å². The molecule has 0 fully saturated rings. The van der Waals surface area contributed by atoms with Crippen LogP contribution < -0.4 is 10.2 Å². The first kappa shape index (κ1) is 13.7. The molecule has 0 amide bonds. The highest BCUT2D eigenvalue weighted by Gasteiger charge is 2.12. The number of nitrogens with zero attached hydrogens (tertiary/aromatic N) is 3. The molecule has 0 spiro atoms. The normalized spacial score (nSPS) is 10.4. The minimum Gasteiger partial charge on any atom is -0.362 e. The zero-order valence-corrected chi connectivity index (χ0v) is 11.7. The lowest BCUT2D eigenvalue weighted by Crippen LogP contribution is -2.17. The molecule has 0 aliphatic heterocycles. The number of aromatic nitrogens is 2. The second-order valence-corrected chi connectivity index (χ2v) is 4.46. The zero-order valence-electron chi connectivity index (χ0n) is 11.7. The average Bonchev–Trinajstić information content (AvgIpc) is 2.27. The van der Waals surface area contributed by atoms with Crippen LogP contribution in [0.5, 0.6) is 0 Å². The van der Waals surface area contributed by atoms with Crippen LogP contribution in [0.25, 0.3) is 0 Å². The van der Waals surface area contributed by atoms with Crippen LogP contribution in [-0.2, 0) is 6.42 Å². The van der Waals surface area contributed by atoms with Gasteiger partial charge in [0.25, 0.3) is 0 Å². The Bertz CT molecular complexity index is 361. The third kappa shape index (κ3) is 3.58. The maximum atomic E-state index is 4.58. The second-order valence-electron chi connectivity index (χ2n) is 4.46. The van der Waals surface area contributed by atoms with E-state index in [1.165, 1.54) is 18.4 Å². The van der Waals surface area contributed by atoms with Gasteiger partial charge in [0.15, 0.2) is 0 Å². The molecule has 0 aliphatic carbocycles. The molecule has 0 radical (unpaired) electrons. The van der Waals surface area contributed by atoms with E-state index in [0.717, 1.165) is 30.4 Å². The van der Waals surface area contributed by atoms with Gasteiger partial charge < -0.3 is 10.2 Å².